The number of rotatable bonds is 3. The van der Waals surface area contributed by atoms with Crippen LogP contribution in [0.3, 0.4) is 0 Å². The first-order chi connectivity index (χ1) is 12.5. The molecule has 2 aromatic heterocycles. The predicted octanol–water partition coefficient (Wildman–Crippen LogP) is 4.91. The number of aromatic nitrogens is 3. The Hall–Kier alpha value is -3.14. The first-order valence-corrected chi connectivity index (χ1v) is 8.80. The van der Waals surface area contributed by atoms with Crippen LogP contribution in [0.5, 0.6) is 0 Å². The number of nitrogens with zero attached hydrogens (tertiary/aromatic N) is 3. The summed E-state index contributed by atoms with van der Waals surface area (Å²) in [6.45, 7) is 6.41. The largest absolute Gasteiger partial charge is 0.397 e. The second-order valence-electron chi connectivity index (χ2n) is 6.86. The molecule has 0 aliphatic heterocycles. The smallest absolute Gasteiger partial charge is 0.160 e. The molecule has 0 aliphatic rings. The molecule has 4 rings (SSSR count). The van der Waals surface area contributed by atoms with E-state index in [1.807, 2.05) is 12.1 Å². The zero-order valence-electron chi connectivity index (χ0n) is 15.3. The van der Waals surface area contributed by atoms with Crippen molar-refractivity contribution in [3.63, 3.8) is 0 Å². The molecular weight excluding hydrogens is 320 g/mol. The van der Waals surface area contributed by atoms with Crippen molar-refractivity contribution in [2.75, 3.05) is 5.73 Å². The van der Waals surface area contributed by atoms with Gasteiger partial charge in [-0.15, -0.1) is 0 Å². The van der Waals surface area contributed by atoms with Crippen molar-refractivity contribution in [1.29, 1.82) is 0 Å². The lowest BCUT2D eigenvalue weighted by molar-refractivity contribution is 0.663. The van der Waals surface area contributed by atoms with Gasteiger partial charge in [0, 0.05) is 0 Å². The molecule has 1 atom stereocenters. The Kier molecular flexibility index (Phi) is 3.96. The molecule has 2 aromatic carbocycles. The lowest BCUT2D eigenvalue weighted by Crippen LogP contribution is -2.09. The van der Waals surface area contributed by atoms with Crippen molar-refractivity contribution >= 4 is 16.7 Å². The molecule has 130 valence electrons. The van der Waals surface area contributed by atoms with Crippen molar-refractivity contribution in [3.05, 3.63) is 77.5 Å². The van der Waals surface area contributed by atoms with E-state index < -0.39 is 0 Å². The zero-order valence-corrected chi connectivity index (χ0v) is 15.3. The second-order valence-corrected chi connectivity index (χ2v) is 6.86. The first kappa shape index (κ1) is 16.3. The van der Waals surface area contributed by atoms with Crippen LogP contribution in [0, 0.1) is 13.8 Å². The average molecular weight is 342 g/mol. The maximum atomic E-state index is 5.81. The predicted molar refractivity (Wildman–Crippen MR) is 107 cm³/mol. The Balaban J connectivity index is 1.95. The molecule has 0 fully saturated rings. The van der Waals surface area contributed by atoms with Gasteiger partial charge in [0.2, 0.25) is 0 Å². The Bertz CT molecular complexity index is 1060. The van der Waals surface area contributed by atoms with Crippen molar-refractivity contribution < 1.29 is 0 Å². The molecule has 4 nitrogen and oxygen atoms in total. The standard InChI is InChI=1S/C22H22N4/c1-14-4-7-17(8-5-14)16(3)26-21-12-15(2)6-10-19(21)25-22(26)20-11-9-18(23)13-24-20/h4-13,16H,23H2,1-3H3/t16-/m0/s1. The van der Waals surface area contributed by atoms with E-state index in [-0.39, 0.29) is 6.04 Å². The number of pyridine rings is 1. The fraction of sp³-hybridized carbons (Fsp3) is 0.182. The molecule has 4 heteroatoms. The number of nitrogens with two attached hydrogens (primary N) is 1. The van der Waals surface area contributed by atoms with Crippen molar-refractivity contribution in [2.24, 2.45) is 0 Å². The first-order valence-electron chi connectivity index (χ1n) is 8.80. The summed E-state index contributed by atoms with van der Waals surface area (Å²) in [5.41, 5.74) is 13.1. The summed E-state index contributed by atoms with van der Waals surface area (Å²) in [6, 6.07) is 19.0. The van der Waals surface area contributed by atoms with E-state index in [1.54, 1.807) is 6.20 Å². The summed E-state index contributed by atoms with van der Waals surface area (Å²) in [7, 11) is 0. The molecule has 0 unspecified atom stereocenters. The van der Waals surface area contributed by atoms with Gasteiger partial charge < -0.3 is 10.3 Å². The molecule has 2 N–H and O–H groups in total. The Labute approximate surface area is 153 Å². The Morgan fingerprint density at radius 2 is 1.65 bits per heavy atom. The van der Waals surface area contributed by atoms with Crippen LogP contribution >= 0.6 is 0 Å². The van der Waals surface area contributed by atoms with Crippen molar-refractivity contribution in [3.8, 4) is 11.5 Å². The number of nitrogen functional groups attached to an aromatic ring is 1. The van der Waals surface area contributed by atoms with Crippen LogP contribution in [0.1, 0.15) is 29.7 Å². The minimum atomic E-state index is 0.136. The third-order valence-electron chi connectivity index (χ3n) is 4.81. The minimum absolute atomic E-state index is 0.136. The summed E-state index contributed by atoms with van der Waals surface area (Å²) >= 11 is 0. The van der Waals surface area contributed by atoms with Crippen LogP contribution in [0.2, 0.25) is 0 Å². The van der Waals surface area contributed by atoms with Gasteiger partial charge in [0.1, 0.15) is 5.69 Å². The fourth-order valence-electron chi connectivity index (χ4n) is 3.31. The van der Waals surface area contributed by atoms with E-state index in [9.17, 15) is 0 Å². The number of benzene rings is 2. The molecule has 0 bridgehead atoms. The van der Waals surface area contributed by atoms with Gasteiger partial charge in [-0.25, -0.2) is 4.98 Å². The highest BCUT2D eigenvalue weighted by Crippen LogP contribution is 2.31. The molecule has 0 amide bonds. The number of fused-ring (bicyclic) bond motifs is 1. The van der Waals surface area contributed by atoms with Crippen molar-refractivity contribution in [2.45, 2.75) is 26.8 Å². The number of aryl methyl sites for hydroxylation is 2. The third-order valence-corrected chi connectivity index (χ3v) is 4.81. The van der Waals surface area contributed by atoms with Crippen LogP contribution in [0.15, 0.2) is 60.8 Å². The van der Waals surface area contributed by atoms with Crippen LogP contribution in [0.25, 0.3) is 22.6 Å². The maximum absolute atomic E-state index is 5.81. The van der Waals surface area contributed by atoms with Gasteiger partial charge in [0.15, 0.2) is 5.82 Å². The molecule has 0 saturated carbocycles. The highest BCUT2D eigenvalue weighted by atomic mass is 15.1. The van der Waals surface area contributed by atoms with Crippen LogP contribution in [0.4, 0.5) is 5.69 Å². The second kappa shape index (κ2) is 6.30. The lowest BCUT2D eigenvalue weighted by atomic mass is 10.1. The van der Waals surface area contributed by atoms with Gasteiger partial charge in [-0.05, 0) is 56.2 Å². The van der Waals surface area contributed by atoms with E-state index in [0.29, 0.717) is 5.69 Å². The highest BCUT2D eigenvalue weighted by Gasteiger charge is 2.19. The Morgan fingerprint density at radius 3 is 2.35 bits per heavy atom. The van der Waals surface area contributed by atoms with Gasteiger partial charge in [-0.3, -0.25) is 4.98 Å². The van der Waals surface area contributed by atoms with Crippen LogP contribution < -0.4 is 5.73 Å². The molecular formula is C22H22N4. The Morgan fingerprint density at radius 1 is 0.923 bits per heavy atom. The fourth-order valence-corrected chi connectivity index (χ4v) is 3.31. The van der Waals surface area contributed by atoms with Crippen LogP contribution in [-0.2, 0) is 0 Å². The van der Waals surface area contributed by atoms with Gasteiger partial charge in [0.05, 0.1) is 29.0 Å². The zero-order chi connectivity index (χ0) is 18.3. The molecule has 2 heterocycles. The number of hydrogen-bond donors (Lipinski definition) is 1. The number of imidazole rings is 1. The molecule has 0 radical (unpaired) electrons. The lowest BCUT2D eigenvalue weighted by Gasteiger charge is -2.18. The molecule has 4 aromatic rings. The van der Waals surface area contributed by atoms with Gasteiger partial charge in [-0.2, -0.15) is 0 Å². The summed E-state index contributed by atoms with van der Waals surface area (Å²) in [5, 5.41) is 0. The van der Waals surface area contributed by atoms with Gasteiger partial charge >= 0.3 is 0 Å². The van der Waals surface area contributed by atoms with E-state index in [0.717, 1.165) is 22.6 Å². The van der Waals surface area contributed by atoms with Crippen LogP contribution in [-0.4, -0.2) is 14.5 Å². The topological polar surface area (TPSA) is 56.7 Å². The van der Waals surface area contributed by atoms with E-state index in [2.05, 4.69) is 72.8 Å². The maximum Gasteiger partial charge on any atom is 0.160 e. The number of hydrogen-bond acceptors (Lipinski definition) is 3. The summed E-state index contributed by atoms with van der Waals surface area (Å²) in [5.74, 6) is 0.860. The summed E-state index contributed by atoms with van der Waals surface area (Å²) in [4.78, 5) is 9.39. The summed E-state index contributed by atoms with van der Waals surface area (Å²) in [6.07, 6.45) is 1.68. The normalized spacial score (nSPS) is 12.4. The number of anilines is 1. The molecule has 0 spiro atoms. The van der Waals surface area contributed by atoms with Gasteiger partial charge in [-0.1, -0.05) is 35.9 Å². The molecule has 0 aliphatic carbocycles. The summed E-state index contributed by atoms with van der Waals surface area (Å²) < 4.78 is 2.27. The third kappa shape index (κ3) is 2.84. The van der Waals surface area contributed by atoms with E-state index in [1.165, 1.54) is 16.7 Å². The minimum Gasteiger partial charge on any atom is -0.397 e. The van der Waals surface area contributed by atoms with E-state index >= 15 is 0 Å². The van der Waals surface area contributed by atoms with Crippen molar-refractivity contribution in [1.82, 2.24) is 14.5 Å². The molecule has 0 saturated heterocycles. The quantitative estimate of drug-likeness (QED) is 0.576. The molecule has 26 heavy (non-hydrogen) atoms. The monoisotopic (exact) mass is 342 g/mol. The van der Waals surface area contributed by atoms with Gasteiger partial charge in [0.25, 0.3) is 0 Å². The van der Waals surface area contributed by atoms with E-state index in [4.69, 9.17) is 10.7 Å². The SMILES string of the molecule is Cc1ccc([C@H](C)n2c(-c3ccc(N)cn3)nc3ccc(C)cc32)cc1. The average Bonchev–Trinajstić information content (AvgIpc) is 3.01. The highest BCUT2D eigenvalue weighted by molar-refractivity contribution is 5.81.